The van der Waals surface area contributed by atoms with E-state index < -0.39 is 10.8 Å². The number of fused-ring (bicyclic) bond motifs is 7. The molecule has 0 radical (unpaired) electrons. The summed E-state index contributed by atoms with van der Waals surface area (Å²) in [7, 11) is 0. The van der Waals surface area contributed by atoms with Crippen molar-refractivity contribution in [2.45, 2.75) is 106 Å². The van der Waals surface area contributed by atoms with Crippen molar-refractivity contribution >= 4 is 17.7 Å². The van der Waals surface area contributed by atoms with E-state index >= 15 is 0 Å². The Morgan fingerprint density at radius 3 is 2.27 bits per heavy atom. The van der Waals surface area contributed by atoms with Crippen LogP contribution in [-0.4, -0.2) is 42.6 Å². The summed E-state index contributed by atoms with van der Waals surface area (Å²) in [5, 5.41) is 9.38. The van der Waals surface area contributed by atoms with Crippen LogP contribution in [0.15, 0.2) is 12.2 Å². The van der Waals surface area contributed by atoms with Gasteiger partial charge in [0.05, 0.1) is 17.4 Å². The Morgan fingerprint density at radius 1 is 0.900 bits per heavy atom. The standard InChI is InChI=1S/C34H52O6/c1-21(2)23-10-15-34(29(38)39-19-18-35)17-16-32(6)24(28(23)34)8-9-26-30(4)13-12-27(37)31(5,20-40-22(3)36)25(30)11-14-33(26,32)7/h23-26,28,35H,1,8-20H2,2-7H3/t23-,24+,25+,26+,28+,30-,31-,32+,33+,34-/m0/s1. The molecule has 0 bridgehead atoms. The molecule has 0 heterocycles. The molecule has 0 aliphatic heterocycles. The molecule has 5 rings (SSSR count). The zero-order valence-electron chi connectivity index (χ0n) is 25.8. The van der Waals surface area contributed by atoms with Crippen LogP contribution >= 0.6 is 0 Å². The quantitative estimate of drug-likeness (QED) is 0.305. The summed E-state index contributed by atoms with van der Waals surface area (Å²) < 4.78 is 11.2. The van der Waals surface area contributed by atoms with Gasteiger partial charge in [-0.15, -0.1) is 0 Å². The third kappa shape index (κ3) is 3.93. The minimum atomic E-state index is -0.633. The Kier molecular flexibility index (Phi) is 7.41. The van der Waals surface area contributed by atoms with Crippen LogP contribution in [0.3, 0.4) is 0 Å². The summed E-state index contributed by atoms with van der Waals surface area (Å²) in [4.78, 5) is 38.9. The zero-order chi connectivity index (χ0) is 29.3. The molecule has 6 heteroatoms. The number of hydrogen-bond donors (Lipinski definition) is 1. The zero-order valence-corrected chi connectivity index (χ0v) is 25.8. The summed E-state index contributed by atoms with van der Waals surface area (Å²) in [5.74, 6) is 1.45. The van der Waals surface area contributed by atoms with Gasteiger partial charge in [0.15, 0.2) is 0 Å². The molecule has 224 valence electrons. The number of aliphatic hydroxyl groups excluding tert-OH is 1. The topological polar surface area (TPSA) is 89.9 Å². The van der Waals surface area contributed by atoms with E-state index in [1.807, 2.05) is 0 Å². The van der Waals surface area contributed by atoms with E-state index in [1.54, 1.807) is 0 Å². The summed E-state index contributed by atoms with van der Waals surface area (Å²) >= 11 is 0. The van der Waals surface area contributed by atoms with Crippen LogP contribution in [0.5, 0.6) is 0 Å². The number of carbonyl (C=O) groups is 3. The first-order valence-corrected chi connectivity index (χ1v) is 15.8. The van der Waals surface area contributed by atoms with E-state index in [4.69, 9.17) is 9.47 Å². The van der Waals surface area contributed by atoms with Crippen LogP contribution in [0, 0.1) is 56.7 Å². The number of aliphatic hydroxyl groups is 1. The molecule has 5 saturated carbocycles. The van der Waals surface area contributed by atoms with Crippen LogP contribution in [-0.2, 0) is 23.9 Å². The minimum Gasteiger partial charge on any atom is -0.465 e. The van der Waals surface area contributed by atoms with Crippen molar-refractivity contribution in [1.29, 1.82) is 0 Å². The maximum atomic E-state index is 13.7. The molecular formula is C34H52O6. The first kappa shape index (κ1) is 29.8. The number of ketones is 1. The number of hydrogen-bond acceptors (Lipinski definition) is 6. The Labute approximate surface area is 241 Å². The van der Waals surface area contributed by atoms with Gasteiger partial charge < -0.3 is 14.6 Å². The van der Waals surface area contributed by atoms with Crippen LogP contribution < -0.4 is 0 Å². The highest BCUT2D eigenvalue weighted by molar-refractivity contribution is 5.86. The lowest BCUT2D eigenvalue weighted by Crippen LogP contribution is -2.67. The van der Waals surface area contributed by atoms with Gasteiger partial charge in [-0.2, -0.15) is 0 Å². The molecule has 6 nitrogen and oxygen atoms in total. The Hall–Kier alpha value is -1.69. The van der Waals surface area contributed by atoms with Crippen LogP contribution in [0.1, 0.15) is 106 Å². The molecule has 1 N–H and O–H groups in total. The van der Waals surface area contributed by atoms with Crippen LogP contribution in [0.4, 0.5) is 0 Å². The molecule has 0 spiro atoms. The Morgan fingerprint density at radius 2 is 1.62 bits per heavy atom. The van der Waals surface area contributed by atoms with Gasteiger partial charge in [-0.1, -0.05) is 32.9 Å². The first-order chi connectivity index (χ1) is 18.7. The van der Waals surface area contributed by atoms with Gasteiger partial charge >= 0.3 is 11.9 Å². The van der Waals surface area contributed by atoms with Crippen LogP contribution in [0.25, 0.3) is 0 Å². The predicted molar refractivity (Wildman–Crippen MR) is 153 cm³/mol. The average Bonchev–Trinajstić information content (AvgIpc) is 3.30. The van der Waals surface area contributed by atoms with Crippen molar-refractivity contribution < 1.29 is 29.0 Å². The minimum absolute atomic E-state index is 0.00180. The maximum Gasteiger partial charge on any atom is 0.312 e. The van der Waals surface area contributed by atoms with E-state index in [0.29, 0.717) is 24.2 Å². The van der Waals surface area contributed by atoms with Crippen molar-refractivity contribution in [3.63, 3.8) is 0 Å². The van der Waals surface area contributed by atoms with Crippen molar-refractivity contribution in [3.05, 3.63) is 12.2 Å². The largest absolute Gasteiger partial charge is 0.465 e. The lowest BCUT2D eigenvalue weighted by atomic mass is 9.32. The Balaban J connectivity index is 1.51. The number of esters is 2. The van der Waals surface area contributed by atoms with E-state index in [-0.39, 0.29) is 65.6 Å². The molecule has 0 saturated heterocycles. The summed E-state index contributed by atoms with van der Waals surface area (Å²) in [5.41, 5.74) is 0.233. The van der Waals surface area contributed by atoms with E-state index in [0.717, 1.165) is 57.8 Å². The molecular weight excluding hydrogens is 504 g/mol. The van der Waals surface area contributed by atoms with Gasteiger partial charge in [0.25, 0.3) is 0 Å². The predicted octanol–water partition coefficient (Wildman–Crippen LogP) is 6.29. The second-order valence-corrected chi connectivity index (χ2v) is 15.3. The lowest BCUT2D eigenvalue weighted by molar-refractivity contribution is -0.239. The monoisotopic (exact) mass is 556 g/mol. The Bertz CT molecular complexity index is 1080. The van der Waals surface area contributed by atoms with Crippen molar-refractivity contribution in [1.82, 2.24) is 0 Å². The fourth-order valence-corrected chi connectivity index (χ4v) is 11.8. The number of rotatable bonds is 6. The van der Waals surface area contributed by atoms with Gasteiger partial charge in [-0.05, 0) is 117 Å². The van der Waals surface area contributed by atoms with Crippen molar-refractivity contribution in [2.75, 3.05) is 19.8 Å². The van der Waals surface area contributed by atoms with Gasteiger partial charge in [0, 0.05) is 13.3 Å². The average molecular weight is 557 g/mol. The highest BCUT2D eigenvalue weighted by Crippen LogP contribution is 2.77. The van der Waals surface area contributed by atoms with Gasteiger partial charge in [0.1, 0.15) is 19.0 Å². The SMILES string of the molecule is C=C(C)[C@@H]1CC[C@]2(C(=O)OCCO)CC[C@]3(C)[C@H](CC[C@@H]4[C@@]5(C)CCC(=O)[C@@](C)(COC(C)=O)[C@@H]5CC[C@]43C)[C@@H]12. The van der Waals surface area contributed by atoms with E-state index in [9.17, 15) is 19.5 Å². The van der Waals surface area contributed by atoms with E-state index in [2.05, 4.69) is 41.2 Å². The molecule has 0 amide bonds. The van der Waals surface area contributed by atoms with Crippen molar-refractivity contribution in [3.8, 4) is 0 Å². The molecule has 5 fully saturated rings. The second kappa shape index (κ2) is 9.95. The molecule has 5 aliphatic rings. The smallest absolute Gasteiger partial charge is 0.312 e. The fourth-order valence-electron chi connectivity index (χ4n) is 11.8. The molecule has 0 aromatic heterocycles. The maximum absolute atomic E-state index is 13.7. The highest BCUT2D eigenvalue weighted by atomic mass is 16.5. The third-order valence-electron chi connectivity index (χ3n) is 13.9. The van der Waals surface area contributed by atoms with Gasteiger partial charge in [-0.3, -0.25) is 14.4 Å². The number of allylic oxidation sites excluding steroid dienone is 1. The number of Topliss-reactive ketones (excluding diaryl/α,β-unsaturated/α-hetero) is 1. The summed E-state index contributed by atoms with van der Waals surface area (Å²) in [6.45, 7) is 17.6. The van der Waals surface area contributed by atoms with E-state index in [1.165, 1.54) is 12.5 Å². The lowest BCUT2D eigenvalue weighted by Gasteiger charge is -2.72. The fraction of sp³-hybridized carbons (Fsp3) is 0.853. The third-order valence-corrected chi connectivity index (χ3v) is 13.9. The normalized spacial score (nSPS) is 47.8. The molecule has 0 unspecified atom stereocenters. The second-order valence-electron chi connectivity index (χ2n) is 15.3. The molecule has 5 aliphatic carbocycles. The van der Waals surface area contributed by atoms with Gasteiger partial charge in [0.2, 0.25) is 0 Å². The molecule has 0 aromatic carbocycles. The summed E-state index contributed by atoms with van der Waals surface area (Å²) in [6.07, 6.45) is 9.33. The van der Waals surface area contributed by atoms with Gasteiger partial charge in [-0.25, -0.2) is 0 Å². The number of carbonyl (C=O) groups excluding carboxylic acids is 3. The first-order valence-electron chi connectivity index (χ1n) is 15.8. The van der Waals surface area contributed by atoms with Crippen LogP contribution in [0.2, 0.25) is 0 Å². The molecule has 0 aromatic rings. The highest BCUT2D eigenvalue weighted by Gasteiger charge is 2.72. The number of ether oxygens (including phenoxy) is 2. The molecule has 40 heavy (non-hydrogen) atoms. The van der Waals surface area contributed by atoms with Crippen molar-refractivity contribution in [2.24, 2.45) is 56.7 Å². The molecule has 10 atom stereocenters. The summed E-state index contributed by atoms with van der Waals surface area (Å²) in [6, 6.07) is 0.